The molecule has 0 amide bonds. The average molecular weight is 191 g/mol. The lowest BCUT2D eigenvalue weighted by atomic mass is 9.91. The van der Waals surface area contributed by atoms with Gasteiger partial charge >= 0.3 is 0 Å². The quantitative estimate of drug-likeness (QED) is 0.709. The summed E-state index contributed by atoms with van der Waals surface area (Å²) < 4.78 is 0. The molecular formula is C13H21N. The van der Waals surface area contributed by atoms with E-state index < -0.39 is 0 Å². The first-order valence-corrected chi connectivity index (χ1v) is 5.50. The molecule has 0 fully saturated rings. The summed E-state index contributed by atoms with van der Waals surface area (Å²) in [5.41, 5.74) is 2.60. The molecule has 0 aliphatic heterocycles. The molecule has 78 valence electrons. The summed E-state index contributed by atoms with van der Waals surface area (Å²) in [6, 6.07) is 6.37. The first kappa shape index (κ1) is 11.2. The summed E-state index contributed by atoms with van der Waals surface area (Å²) >= 11 is 0. The molecule has 1 nitrogen and oxygen atoms in total. The van der Waals surface area contributed by atoms with E-state index in [1.54, 1.807) is 0 Å². The Labute approximate surface area is 87.6 Å². The Kier molecular flexibility index (Phi) is 3.68. The van der Waals surface area contributed by atoms with E-state index in [0.29, 0.717) is 0 Å². The van der Waals surface area contributed by atoms with Crippen LogP contribution in [0.25, 0.3) is 0 Å². The number of rotatable bonds is 3. The SMILES string of the molecule is CCCCc1cccc(C(C)(C)C)n1. The molecule has 1 rings (SSSR count). The summed E-state index contributed by atoms with van der Waals surface area (Å²) in [6.07, 6.45) is 3.59. The minimum Gasteiger partial charge on any atom is -0.257 e. The van der Waals surface area contributed by atoms with E-state index >= 15 is 0 Å². The number of aryl methyl sites for hydroxylation is 1. The third kappa shape index (κ3) is 3.13. The fourth-order valence-electron chi connectivity index (χ4n) is 1.39. The van der Waals surface area contributed by atoms with Gasteiger partial charge in [0.2, 0.25) is 0 Å². The van der Waals surface area contributed by atoms with Crippen LogP contribution in [0, 0.1) is 0 Å². The monoisotopic (exact) mass is 191 g/mol. The first-order chi connectivity index (χ1) is 6.54. The Morgan fingerprint density at radius 2 is 1.93 bits per heavy atom. The molecule has 1 heteroatoms. The molecule has 0 aromatic carbocycles. The minimum atomic E-state index is 0.169. The van der Waals surface area contributed by atoms with Gasteiger partial charge in [-0.1, -0.05) is 40.2 Å². The predicted octanol–water partition coefficient (Wildman–Crippen LogP) is 3.72. The summed E-state index contributed by atoms with van der Waals surface area (Å²) in [7, 11) is 0. The van der Waals surface area contributed by atoms with Crippen LogP contribution in [0.4, 0.5) is 0 Å². The molecule has 0 radical (unpaired) electrons. The number of hydrogen-bond acceptors (Lipinski definition) is 1. The Morgan fingerprint density at radius 3 is 2.50 bits per heavy atom. The number of nitrogens with zero attached hydrogens (tertiary/aromatic N) is 1. The third-order valence-corrected chi connectivity index (χ3v) is 2.36. The Hall–Kier alpha value is -0.850. The highest BCUT2D eigenvalue weighted by molar-refractivity contribution is 5.17. The lowest BCUT2D eigenvalue weighted by Crippen LogP contribution is -2.14. The molecule has 0 unspecified atom stereocenters. The highest BCUT2D eigenvalue weighted by atomic mass is 14.7. The van der Waals surface area contributed by atoms with Crippen LogP contribution >= 0.6 is 0 Å². The minimum absolute atomic E-state index is 0.169. The van der Waals surface area contributed by atoms with Crippen molar-refractivity contribution in [3.8, 4) is 0 Å². The van der Waals surface area contributed by atoms with Crippen molar-refractivity contribution in [2.45, 2.75) is 52.4 Å². The molecule has 0 bridgehead atoms. The Balaban J connectivity index is 2.79. The van der Waals surface area contributed by atoms with E-state index in [0.717, 1.165) is 6.42 Å². The van der Waals surface area contributed by atoms with Gasteiger partial charge in [-0.2, -0.15) is 0 Å². The number of unbranched alkanes of at least 4 members (excludes halogenated alkanes) is 1. The van der Waals surface area contributed by atoms with E-state index in [4.69, 9.17) is 0 Å². The maximum absolute atomic E-state index is 4.68. The van der Waals surface area contributed by atoms with Crippen LogP contribution in [-0.2, 0) is 11.8 Å². The zero-order valence-corrected chi connectivity index (χ0v) is 9.80. The van der Waals surface area contributed by atoms with Crippen molar-refractivity contribution < 1.29 is 0 Å². The fraction of sp³-hybridized carbons (Fsp3) is 0.615. The molecule has 1 aromatic heterocycles. The molecular weight excluding hydrogens is 170 g/mol. The molecule has 0 aliphatic rings. The fourth-order valence-corrected chi connectivity index (χ4v) is 1.39. The van der Waals surface area contributed by atoms with Gasteiger partial charge in [-0.3, -0.25) is 4.98 Å². The summed E-state index contributed by atoms with van der Waals surface area (Å²) in [5, 5.41) is 0. The van der Waals surface area contributed by atoms with Crippen LogP contribution in [0.5, 0.6) is 0 Å². The maximum Gasteiger partial charge on any atom is 0.0460 e. The molecule has 0 spiro atoms. The van der Waals surface area contributed by atoms with Crippen molar-refractivity contribution in [2.75, 3.05) is 0 Å². The van der Waals surface area contributed by atoms with Gasteiger partial charge in [-0.15, -0.1) is 0 Å². The lowest BCUT2D eigenvalue weighted by Gasteiger charge is -2.18. The zero-order valence-electron chi connectivity index (χ0n) is 9.80. The van der Waals surface area contributed by atoms with Gasteiger partial charge < -0.3 is 0 Å². The average Bonchev–Trinajstić information content (AvgIpc) is 2.14. The van der Waals surface area contributed by atoms with Crippen molar-refractivity contribution in [1.82, 2.24) is 4.98 Å². The lowest BCUT2D eigenvalue weighted by molar-refractivity contribution is 0.564. The molecule has 1 heterocycles. The molecule has 1 aromatic rings. The second kappa shape index (κ2) is 4.59. The summed E-state index contributed by atoms with van der Waals surface area (Å²) in [5.74, 6) is 0. The van der Waals surface area contributed by atoms with Gasteiger partial charge in [0.15, 0.2) is 0 Å². The third-order valence-electron chi connectivity index (χ3n) is 2.36. The van der Waals surface area contributed by atoms with Gasteiger partial charge in [-0.25, -0.2) is 0 Å². The number of hydrogen-bond donors (Lipinski definition) is 0. The molecule has 0 aliphatic carbocycles. The van der Waals surface area contributed by atoms with Crippen molar-refractivity contribution in [2.24, 2.45) is 0 Å². The van der Waals surface area contributed by atoms with Crippen molar-refractivity contribution >= 4 is 0 Å². The van der Waals surface area contributed by atoms with E-state index in [9.17, 15) is 0 Å². The van der Waals surface area contributed by atoms with Crippen LogP contribution in [0.3, 0.4) is 0 Å². The van der Waals surface area contributed by atoms with Crippen molar-refractivity contribution in [1.29, 1.82) is 0 Å². The summed E-state index contributed by atoms with van der Waals surface area (Å²) in [6.45, 7) is 8.84. The zero-order chi connectivity index (χ0) is 10.6. The van der Waals surface area contributed by atoms with Gasteiger partial charge in [0.25, 0.3) is 0 Å². The number of aromatic nitrogens is 1. The molecule has 14 heavy (non-hydrogen) atoms. The van der Waals surface area contributed by atoms with E-state index in [2.05, 4.69) is 50.9 Å². The van der Waals surface area contributed by atoms with Gasteiger partial charge in [-0.05, 0) is 25.0 Å². The van der Waals surface area contributed by atoms with Crippen LogP contribution in [0.15, 0.2) is 18.2 Å². The molecule has 0 atom stereocenters. The highest BCUT2D eigenvalue weighted by Crippen LogP contribution is 2.20. The first-order valence-electron chi connectivity index (χ1n) is 5.50. The smallest absolute Gasteiger partial charge is 0.0460 e. The van der Waals surface area contributed by atoms with Crippen molar-refractivity contribution in [3.63, 3.8) is 0 Å². The predicted molar refractivity (Wildman–Crippen MR) is 61.5 cm³/mol. The summed E-state index contributed by atoms with van der Waals surface area (Å²) in [4.78, 5) is 4.68. The van der Waals surface area contributed by atoms with Gasteiger partial charge in [0, 0.05) is 16.8 Å². The second-order valence-electron chi connectivity index (χ2n) is 4.87. The van der Waals surface area contributed by atoms with E-state index in [-0.39, 0.29) is 5.41 Å². The molecule has 0 N–H and O–H groups in total. The van der Waals surface area contributed by atoms with E-state index in [1.165, 1.54) is 24.2 Å². The van der Waals surface area contributed by atoms with Gasteiger partial charge in [0.05, 0.1) is 0 Å². The van der Waals surface area contributed by atoms with Crippen LogP contribution in [0.1, 0.15) is 51.9 Å². The largest absolute Gasteiger partial charge is 0.257 e. The Bertz CT molecular complexity index is 284. The normalized spacial score (nSPS) is 11.7. The van der Waals surface area contributed by atoms with E-state index in [1.807, 2.05) is 0 Å². The standard InChI is InChI=1S/C13H21N/c1-5-6-8-11-9-7-10-12(14-11)13(2,3)4/h7,9-10H,5-6,8H2,1-4H3. The molecule has 0 saturated heterocycles. The highest BCUT2D eigenvalue weighted by Gasteiger charge is 2.14. The van der Waals surface area contributed by atoms with Crippen LogP contribution in [0.2, 0.25) is 0 Å². The van der Waals surface area contributed by atoms with Crippen LogP contribution in [-0.4, -0.2) is 4.98 Å². The van der Waals surface area contributed by atoms with Crippen LogP contribution < -0.4 is 0 Å². The maximum atomic E-state index is 4.68. The molecule has 0 saturated carbocycles. The van der Waals surface area contributed by atoms with Crippen molar-refractivity contribution in [3.05, 3.63) is 29.6 Å². The Morgan fingerprint density at radius 1 is 1.21 bits per heavy atom. The number of pyridine rings is 1. The second-order valence-corrected chi connectivity index (χ2v) is 4.87. The van der Waals surface area contributed by atoms with Gasteiger partial charge in [0.1, 0.15) is 0 Å². The topological polar surface area (TPSA) is 12.9 Å².